The topological polar surface area (TPSA) is 200 Å². The number of aryl methyl sites for hydroxylation is 2. The number of fused-ring (bicyclic) bond motifs is 1. The van der Waals surface area contributed by atoms with Crippen molar-refractivity contribution in [2.75, 3.05) is 109 Å². The number of aromatic nitrogens is 1. The molecule has 18 nitrogen and oxygen atoms in total. The van der Waals surface area contributed by atoms with Gasteiger partial charge in [0.1, 0.15) is 6.04 Å². The highest BCUT2D eigenvalue weighted by atomic mass is 16.5. The molecule has 0 radical (unpaired) electrons. The molecule has 4 N–H and O–H groups in total. The molecule has 5 aliphatic heterocycles. The first-order valence-corrected chi connectivity index (χ1v) is 27.2. The SMILES string of the molecule is CCOCCCN(CC)c1cc(-c2ccc(CN3CCN(CC(=O)N4CC5(CN(CCCCNc6cccc7c6C(=O)N(C6CCC(=O)NC6=O)C7=O)C5)C4)CC3)cc2)cc(C(=O)NCc2c(C)cc(C)[nH]c2=O)c1C. The smallest absolute Gasteiger partial charge is 0.264 e. The molecule has 4 aromatic rings. The molecule has 1 aromatic heterocycles. The van der Waals surface area contributed by atoms with Crippen LogP contribution >= 0.6 is 0 Å². The molecule has 4 saturated heterocycles. The molecule has 404 valence electrons. The number of likely N-dealkylation sites (tertiary alicyclic amines) is 2. The second-order valence-electron chi connectivity index (χ2n) is 21.4. The van der Waals surface area contributed by atoms with Gasteiger partial charge in [0.2, 0.25) is 17.7 Å². The van der Waals surface area contributed by atoms with Crippen molar-refractivity contribution < 1.29 is 33.5 Å². The van der Waals surface area contributed by atoms with E-state index in [0.29, 0.717) is 43.1 Å². The van der Waals surface area contributed by atoms with Crippen LogP contribution in [0.3, 0.4) is 0 Å². The van der Waals surface area contributed by atoms with E-state index in [-0.39, 0.29) is 53.3 Å². The summed E-state index contributed by atoms with van der Waals surface area (Å²) in [4.78, 5) is 106. The summed E-state index contributed by atoms with van der Waals surface area (Å²) in [6, 6.07) is 18.8. The van der Waals surface area contributed by atoms with E-state index in [4.69, 9.17) is 4.74 Å². The van der Waals surface area contributed by atoms with Crippen molar-refractivity contribution in [3.05, 3.63) is 116 Å². The van der Waals surface area contributed by atoms with Crippen LogP contribution in [0.15, 0.2) is 65.5 Å². The van der Waals surface area contributed by atoms with Crippen LogP contribution in [0.25, 0.3) is 11.1 Å². The van der Waals surface area contributed by atoms with E-state index in [2.05, 4.69) is 77.8 Å². The number of benzene rings is 3. The van der Waals surface area contributed by atoms with E-state index >= 15 is 0 Å². The van der Waals surface area contributed by atoms with E-state index in [0.717, 1.165) is 136 Å². The number of H-pyrrole nitrogens is 1. The minimum atomic E-state index is -0.996. The number of anilines is 2. The average molecular weight is 1040 g/mol. The molecule has 76 heavy (non-hydrogen) atoms. The van der Waals surface area contributed by atoms with Crippen LogP contribution < -0.4 is 26.4 Å². The zero-order valence-corrected chi connectivity index (χ0v) is 44.9. The monoisotopic (exact) mass is 1040 g/mol. The molecule has 0 aliphatic carbocycles. The molecule has 6 heterocycles. The Balaban J connectivity index is 0.700. The number of aromatic amines is 1. The van der Waals surface area contributed by atoms with Crippen molar-refractivity contribution in [1.29, 1.82) is 0 Å². The van der Waals surface area contributed by atoms with Crippen LogP contribution in [0.1, 0.15) is 105 Å². The quantitative estimate of drug-likeness (QED) is 0.0625. The number of hydrogen-bond acceptors (Lipinski definition) is 13. The molecule has 0 bridgehead atoms. The summed E-state index contributed by atoms with van der Waals surface area (Å²) in [5.74, 6) is -2.07. The van der Waals surface area contributed by atoms with E-state index < -0.39 is 29.7 Å². The number of pyridine rings is 1. The molecule has 18 heteroatoms. The lowest BCUT2D eigenvalue weighted by Gasteiger charge is -2.60. The van der Waals surface area contributed by atoms with Gasteiger partial charge in [0.15, 0.2) is 0 Å². The van der Waals surface area contributed by atoms with Crippen molar-refractivity contribution in [2.45, 2.75) is 85.9 Å². The van der Waals surface area contributed by atoms with Crippen molar-refractivity contribution in [2.24, 2.45) is 5.41 Å². The standard InChI is InChI=1S/C58H74N10O8/c1-6-66(22-11-27-76-7-2)49-30-43(29-45(40(49)5)53(71)60-31-46-38(3)28-39(4)61-54(46)72)42-16-14-41(15-17-42)32-63-23-25-64(26-24-63)33-51(70)67-36-58(37-67)34-65(35-58)21-9-8-20-59-47-13-10-12-44-52(47)57(75)68(56(44)74)48-18-19-50(69)62-55(48)73/h10,12-17,28-30,48,59H,6-9,11,18-27,31-37H2,1-5H3,(H,60,71)(H,61,72)(H,62,69,73). The number of piperazine rings is 1. The second-order valence-corrected chi connectivity index (χ2v) is 21.4. The van der Waals surface area contributed by atoms with Gasteiger partial charge in [-0.05, 0) is 125 Å². The molecule has 1 spiro atoms. The van der Waals surface area contributed by atoms with Crippen molar-refractivity contribution >= 4 is 46.8 Å². The summed E-state index contributed by atoms with van der Waals surface area (Å²) in [7, 11) is 0. The number of carbonyl (C=O) groups excluding carboxylic acids is 6. The van der Waals surface area contributed by atoms with Gasteiger partial charge in [-0.15, -0.1) is 0 Å². The number of carbonyl (C=O) groups is 6. The van der Waals surface area contributed by atoms with Crippen molar-refractivity contribution in [3.63, 3.8) is 0 Å². The lowest BCUT2D eigenvalue weighted by molar-refractivity contribution is -0.160. The van der Waals surface area contributed by atoms with Crippen LogP contribution in [0.2, 0.25) is 0 Å². The van der Waals surface area contributed by atoms with Gasteiger partial charge in [-0.3, -0.25) is 53.6 Å². The fourth-order valence-electron chi connectivity index (χ4n) is 11.7. The first-order chi connectivity index (χ1) is 36.6. The number of rotatable bonds is 22. The number of piperidine rings is 1. The molecule has 9 rings (SSSR count). The summed E-state index contributed by atoms with van der Waals surface area (Å²) in [5.41, 5.74) is 8.93. The van der Waals surface area contributed by atoms with Crippen LogP contribution in [-0.4, -0.2) is 169 Å². The number of amides is 6. The summed E-state index contributed by atoms with van der Waals surface area (Å²) >= 11 is 0. The predicted octanol–water partition coefficient (Wildman–Crippen LogP) is 4.71. The second kappa shape index (κ2) is 23.7. The van der Waals surface area contributed by atoms with Gasteiger partial charge in [0, 0.05) is 138 Å². The maximum absolute atomic E-state index is 14.0. The van der Waals surface area contributed by atoms with E-state index in [1.54, 1.807) is 18.2 Å². The normalized spacial score (nSPS) is 18.6. The van der Waals surface area contributed by atoms with Gasteiger partial charge in [0.05, 0.1) is 17.7 Å². The highest BCUT2D eigenvalue weighted by Gasteiger charge is 2.53. The Labute approximate surface area is 445 Å². The summed E-state index contributed by atoms with van der Waals surface area (Å²) < 4.78 is 5.65. The highest BCUT2D eigenvalue weighted by Crippen LogP contribution is 2.40. The van der Waals surface area contributed by atoms with Gasteiger partial charge in [-0.2, -0.15) is 0 Å². The van der Waals surface area contributed by atoms with Crippen LogP contribution in [0, 0.1) is 26.2 Å². The first-order valence-electron chi connectivity index (χ1n) is 27.2. The molecular weight excluding hydrogens is 965 g/mol. The van der Waals surface area contributed by atoms with Gasteiger partial charge in [-0.25, -0.2) is 0 Å². The molecular formula is C58H74N10O8. The summed E-state index contributed by atoms with van der Waals surface area (Å²) in [6.45, 7) is 22.7. The van der Waals surface area contributed by atoms with Crippen molar-refractivity contribution in [3.8, 4) is 11.1 Å². The average Bonchev–Trinajstić information content (AvgIpc) is 3.71. The lowest BCUT2D eigenvalue weighted by Crippen LogP contribution is -2.73. The Kier molecular flexibility index (Phi) is 16.8. The fourth-order valence-corrected chi connectivity index (χ4v) is 11.7. The number of nitrogens with one attached hydrogen (secondary N) is 4. The molecule has 1 unspecified atom stereocenters. The zero-order chi connectivity index (χ0) is 53.7. The van der Waals surface area contributed by atoms with Gasteiger partial charge in [0.25, 0.3) is 23.3 Å². The Bertz CT molecular complexity index is 2900. The number of nitrogens with zero attached hydrogens (tertiary/aromatic N) is 6. The predicted molar refractivity (Wildman–Crippen MR) is 291 cm³/mol. The molecule has 3 aromatic carbocycles. The first kappa shape index (κ1) is 54.1. The van der Waals surface area contributed by atoms with Crippen molar-refractivity contribution in [1.82, 2.24) is 40.1 Å². The number of imide groups is 2. The third kappa shape index (κ3) is 11.9. The number of unbranched alkanes of at least 4 members (excludes halogenated alkanes) is 1. The lowest BCUT2D eigenvalue weighted by atomic mass is 9.72. The maximum Gasteiger partial charge on any atom is 0.264 e. The van der Waals surface area contributed by atoms with Crippen LogP contribution in [0.4, 0.5) is 11.4 Å². The van der Waals surface area contributed by atoms with Crippen LogP contribution in [-0.2, 0) is 32.2 Å². The van der Waals surface area contributed by atoms with E-state index in [1.807, 2.05) is 44.7 Å². The van der Waals surface area contributed by atoms with E-state index in [1.165, 1.54) is 5.56 Å². The Morgan fingerprint density at radius 2 is 1.58 bits per heavy atom. The maximum atomic E-state index is 14.0. The number of hydrogen-bond donors (Lipinski definition) is 4. The fraction of sp³-hybridized carbons (Fsp3) is 0.500. The minimum absolute atomic E-state index is 0.0776. The Morgan fingerprint density at radius 1 is 0.829 bits per heavy atom. The highest BCUT2D eigenvalue weighted by molar-refractivity contribution is 6.25. The number of ether oxygens (including phenoxy) is 1. The van der Waals surface area contributed by atoms with E-state index in [9.17, 15) is 33.6 Å². The molecule has 0 saturated carbocycles. The molecule has 1 atom stereocenters. The summed E-state index contributed by atoms with van der Waals surface area (Å²) in [6.07, 6.45) is 2.88. The van der Waals surface area contributed by atoms with Gasteiger partial charge < -0.3 is 35.1 Å². The van der Waals surface area contributed by atoms with Crippen LogP contribution in [0.5, 0.6) is 0 Å². The third-order valence-corrected chi connectivity index (χ3v) is 15.9. The molecule has 5 aliphatic rings. The Morgan fingerprint density at radius 3 is 2.29 bits per heavy atom. The minimum Gasteiger partial charge on any atom is -0.384 e. The van der Waals surface area contributed by atoms with Gasteiger partial charge in [-0.1, -0.05) is 30.3 Å². The zero-order valence-electron chi connectivity index (χ0n) is 44.9. The molecule has 4 fully saturated rings. The molecule has 6 amide bonds. The Hall–Kier alpha value is -6.73. The largest absolute Gasteiger partial charge is 0.384 e. The summed E-state index contributed by atoms with van der Waals surface area (Å²) in [5, 5.41) is 8.62. The van der Waals surface area contributed by atoms with Gasteiger partial charge >= 0.3 is 0 Å². The third-order valence-electron chi connectivity index (χ3n) is 15.9.